The van der Waals surface area contributed by atoms with E-state index in [1.54, 1.807) is 21.3 Å². The summed E-state index contributed by atoms with van der Waals surface area (Å²) < 4.78 is 16.7. The van der Waals surface area contributed by atoms with Gasteiger partial charge in [-0.05, 0) is 13.3 Å². The molecule has 0 aromatic heterocycles. The Morgan fingerprint density at radius 1 is 1.08 bits per heavy atom. The van der Waals surface area contributed by atoms with Crippen molar-refractivity contribution in [1.29, 1.82) is 0 Å². The highest BCUT2D eigenvalue weighted by Gasteiger charge is 2.28. The zero-order valence-corrected chi connectivity index (χ0v) is 17.1. The topological polar surface area (TPSA) is 43.0 Å². The van der Waals surface area contributed by atoms with E-state index in [2.05, 4.69) is 23.7 Å². The summed E-state index contributed by atoms with van der Waals surface area (Å²) in [5, 5.41) is 3.40. The first-order valence-electron chi connectivity index (χ1n) is 7.99. The fourth-order valence-corrected chi connectivity index (χ4v) is 3.10. The first-order chi connectivity index (χ1) is 11.1. The van der Waals surface area contributed by atoms with E-state index in [0.29, 0.717) is 0 Å². The van der Waals surface area contributed by atoms with Crippen LogP contribution in [0.25, 0.3) is 0 Å². The first kappa shape index (κ1) is 23.9. The molecule has 0 radical (unpaired) electrons. The summed E-state index contributed by atoms with van der Waals surface area (Å²) in [5.41, 5.74) is 2.22. The average molecular weight is 393 g/mol. The van der Waals surface area contributed by atoms with Crippen molar-refractivity contribution in [3.8, 4) is 17.2 Å². The van der Waals surface area contributed by atoms with Gasteiger partial charge in [-0.3, -0.25) is 4.90 Å². The number of halogens is 2. The molecular formula is C18H30Cl2N2O3. The van der Waals surface area contributed by atoms with E-state index in [9.17, 15) is 0 Å². The third kappa shape index (κ3) is 5.96. The fourth-order valence-electron chi connectivity index (χ4n) is 3.10. The maximum absolute atomic E-state index is 5.65. The van der Waals surface area contributed by atoms with Crippen molar-refractivity contribution in [1.82, 2.24) is 10.2 Å². The minimum absolute atomic E-state index is 0. The van der Waals surface area contributed by atoms with Gasteiger partial charge in [0.2, 0.25) is 0 Å². The van der Waals surface area contributed by atoms with Gasteiger partial charge < -0.3 is 19.5 Å². The summed E-state index contributed by atoms with van der Waals surface area (Å²) >= 11 is 0. The maximum Gasteiger partial charge on any atom is 0.131 e. The Balaban J connectivity index is 0.00000288. The van der Waals surface area contributed by atoms with Crippen LogP contribution in [0, 0.1) is 0 Å². The molecule has 1 heterocycles. The van der Waals surface area contributed by atoms with Gasteiger partial charge in [0.1, 0.15) is 17.2 Å². The van der Waals surface area contributed by atoms with Crippen LogP contribution in [0.5, 0.6) is 17.2 Å². The quantitative estimate of drug-likeness (QED) is 0.719. The van der Waals surface area contributed by atoms with Crippen molar-refractivity contribution < 1.29 is 14.2 Å². The van der Waals surface area contributed by atoms with E-state index in [4.69, 9.17) is 14.2 Å². The lowest BCUT2D eigenvalue weighted by Crippen LogP contribution is -2.45. The third-order valence-corrected chi connectivity index (χ3v) is 4.22. The number of piperazine rings is 1. The molecule has 1 aliphatic rings. The Morgan fingerprint density at radius 2 is 1.60 bits per heavy atom. The highest BCUT2D eigenvalue weighted by atomic mass is 35.5. The highest BCUT2D eigenvalue weighted by molar-refractivity contribution is 5.85. The molecule has 0 bridgehead atoms. The molecule has 0 aliphatic carbocycles. The number of ether oxygens (including phenoxy) is 3. The van der Waals surface area contributed by atoms with Crippen molar-refractivity contribution in [3.63, 3.8) is 0 Å². The summed E-state index contributed by atoms with van der Waals surface area (Å²) in [6, 6.07) is 4.03. The van der Waals surface area contributed by atoms with E-state index in [1.807, 2.05) is 12.1 Å². The fraction of sp³-hybridized carbons (Fsp3) is 0.556. The van der Waals surface area contributed by atoms with Crippen LogP contribution in [0.3, 0.4) is 0 Å². The maximum atomic E-state index is 5.65. The molecule has 1 atom stereocenters. The number of nitrogens with one attached hydrogen (secondary N) is 1. The lowest BCUT2D eigenvalue weighted by molar-refractivity contribution is 0.166. The molecule has 2 rings (SSSR count). The average Bonchev–Trinajstić information content (AvgIpc) is 2.59. The summed E-state index contributed by atoms with van der Waals surface area (Å²) in [7, 11) is 5.02. The van der Waals surface area contributed by atoms with E-state index in [0.717, 1.165) is 61.0 Å². The van der Waals surface area contributed by atoms with Gasteiger partial charge in [-0.15, -0.1) is 31.4 Å². The van der Waals surface area contributed by atoms with Gasteiger partial charge in [-0.25, -0.2) is 0 Å². The van der Waals surface area contributed by atoms with E-state index in [-0.39, 0.29) is 30.9 Å². The molecule has 1 aromatic rings. The van der Waals surface area contributed by atoms with Crippen LogP contribution in [0.4, 0.5) is 0 Å². The number of rotatable bonds is 7. The molecule has 25 heavy (non-hydrogen) atoms. The van der Waals surface area contributed by atoms with Crippen LogP contribution in [0.1, 0.15) is 24.9 Å². The summed E-state index contributed by atoms with van der Waals surface area (Å²) in [5.74, 6) is 2.33. The Labute approximate surface area is 163 Å². The van der Waals surface area contributed by atoms with E-state index >= 15 is 0 Å². The molecule has 1 N–H and O–H groups in total. The first-order valence-corrected chi connectivity index (χ1v) is 7.99. The van der Waals surface area contributed by atoms with Crippen LogP contribution < -0.4 is 19.5 Å². The highest BCUT2D eigenvalue weighted by Crippen LogP contribution is 2.42. The van der Waals surface area contributed by atoms with Gasteiger partial charge in [0.25, 0.3) is 0 Å². The van der Waals surface area contributed by atoms with Gasteiger partial charge in [-0.2, -0.15) is 0 Å². The Morgan fingerprint density at radius 3 is 2.00 bits per heavy atom. The molecule has 1 saturated heterocycles. The number of hydrogen-bond donors (Lipinski definition) is 1. The minimum Gasteiger partial charge on any atom is -0.496 e. The molecule has 0 spiro atoms. The van der Waals surface area contributed by atoms with Crippen LogP contribution >= 0.6 is 24.8 Å². The molecule has 144 valence electrons. The van der Waals surface area contributed by atoms with E-state index < -0.39 is 0 Å². The molecule has 1 aromatic carbocycles. The van der Waals surface area contributed by atoms with Gasteiger partial charge in [0.05, 0.1) is 26.9 Å². The van der Waals surface area contributed by atoms with Gasteiger partial charge in [0, 0.05) is 44.4 Å². The zero-order valence-electron chi connectivity index (χ0n) is 15.5. The molecule has 1 aliphatic heterocycles. The van der Waals surface area contributed by atoms with Gasteiger partial charge in [0.15, 0.2) is 0 Å². The Kier molecular flexibility index (Phi) is 10.9. The third-order valence-electron chi connectivity index (χ3n) is 4.22. The van der Waals surface area contributed by atoms with Gasteiger partial charge >= 0.3 is 0 Å². The zero-order chi connectivity index (χ0) is 16.8. The lowest BCUT2D eigenvalue weighted by atomic mass is 9.95. The minimum atomic E-state index is 0. The number of benzene rings is 1. The number of nitrogens with zero attached hydrogens (tertiary/aromatic N) is 1. The molecule has 0 unspecified atom stereocenters. The van der Waals surface area contributed by atoms with Crippen molar-refractivity contribution in [2.75, 3.05) is 47.5 Å². The predicted molar refractivity (Wildman–Crippen MR) is 107 cm³/mol. The van der Waals surface area contributed by atoms with Crippen LogP contribution in [0.15, 0.2) is 24.3 Å². The van der Waals surface area contributed by atoms with Crippen molar-refractivity contribution in [3.05, 3.63) is 29.8 Å². The predicted octanol–water partition coefficient (Wildman–Crippen LogP) is 3.47. The smallest absolute Gasteiger partial charge is 0.131 e. The molecule has 5 nitrogen and oxygen atoms in total. The monoisotopic (exact) mass is 392 g/mol. The summed E-state index contributed by atoms with van der Waals surface area (Å²) in [4.78, 5) is 2.47. The molecule has 1 fully saturated rings. The second-order valence-corrected chi connectivity index (χ2v) is 5.91. The van der Waals surface area contributed by atoms with Crippen molar-refractivity contribution >= 4 is 24.8 Å². The van der Waals surface area contributed by atoms with Crippen LogP contribution in [-0.4, -0.2) is 52.4 Å². The molecular weight excluding hydrogens is 363 g/mol. The second kappa shape index (κ2) is 11.5. The van der Waals surface area contributed by atoms with Crippen molar-refractivity contribution in [2.45, 2.75) is 19.4 Å². The largest absolute Gasteiger partial charge is 0.496 e. The van der Waals surface area contributed by atoms with Crippen LogP contribution in [0.2, 0.25) is 0 Å². The number of hydrogen-bond acceptors (Lipinski definition) is 5. The second-order valence-electron chi connectivity index (χ2n) is 5.91. The van der Waals surface area contributed by atoms with Gasteiger partial charge in [-0.1, -0.05) is 5.57 Å². The van der Waals surface area contributed by atoms with Crippen LogP contribution in [-0.2, 0) is 0 Å². The Hall–Kier alpha value is -1.14. The normalized spacial score (nSPS) is 15.4. The summed E-state index contributed by atoms with van der Waals surface area (Å²) in [6.07, 6.45) is 0.874. The number of methoxy groups -OCH3 is 3. The standard InChI is InChI=1S/C18H28N2O3.2ClH/c1-13(2)10-15(20-8-6-19-7-9-20)18-16(22-4)11-14(21-3)12-17(18)23-5;;/h11-12,15,19H,1,6-10H2,2-5H3;2*1H/t15-;;/m0../s1. The SMILES string of the molecule is C=C(C)C[C@@H](c1c(OC)cc(OC)cc1OC)N1CCNCC1.Cl.Cl. The molecule has 0 amide bonds. The van der Waals surface area contributed by atoms with Crippen molar-refractivity contribution in [2.24, 2.45) is 0 Å². The molecule has 7 heteroatoms. The lowest BCUT2D eigenvalue weighted by Gasteiger charge is -2.36. The molecule has 0 saturated carbocycles. The Bertz CT molecular complexity index is 524. The van der Waals surface area contributed by atoms with E-state index in [1.165, 1.54) is 0 Å². The summed E-state index contributed by atoms with van der Waals surface area (Å²) in [6.45, 7) is 10.2.